The van der Waals surface area contributed by atoms with Crippen LogP contribution < -0.4 is 0 Å². The fourth-order valence-electron chi connectivity index (χ4n) is 0.0905. The van der Waals surface area contributed by atoms with E-state index < -0.39 is 24.5 Å². The summed E-state index contributed by atoms with van der Waals surface area (Å²) in [5.41, 5.74) is 0. The molecule has 0 rings (SSSR count). The molecule has 0 aliphatic carbocycles. The van der Waals surface area contributed by atoms with Crippen LogP contribution in [0.1, 0.15) is 0 Å². The Hall–Kier alpha value is 0.762. The molecule has 0 amide bonds. The van der Waals surface area contributed by atoms with E-state index in [-0.39, 0.29) is 0 Å². The molecule has 2 N–H and O–H groups in total. The van der Waals surface area contributed by atoms with Gasteiger partial charge in [-0.15, -0.1) is 0 Å². The summed E-state index contributed by atoms with van der Waals surface area (Å²) in [6.45, 7) is 0. The summed E-state index contributed by atoms with van der Waals surface area (Å²) in [4.78, 5) is 16.7. The van der Waals surface area contributed by atoms with Gasteiger partial charge < -0.3 is 0 Å². The standard InChI is InChI=1S/2Al.H2O4Si.O/c;;1-5(2,3)4;/h;;1-2H;/q2*+1;-2;. The monoisotopic (exact) mass is 164 g/mol. The molecule has 0 heterocycles. The molecule has 0 fully saturated rings. The molecule has 2 radical (unpaired) electrons. The number of hydrogen-bond acceptors (Lipinski definition) is 5. The summed E-state index contributed by atoms with van der Waals surface area (Å²) >= 11 is -0.00965. The molecule has 8 heteroatoms. The maximum absolute atomic E-state index is 9.59. The molecule has 0 aromatic heterocycles. The topological polar surface area (TPSA) is 76.0 Å². The Bertz CT molecular complexity index is 80.5. The van der Waals surface area contributed by atoms with Crippen molar-refractivity contribution < 1.29 is 20.4 Å². The molecular weight excluding hydrogens is 162 g/mol. The van der Waals surface area contributed by atoms with Gasteiger partial charge in [0.2, 0.25) is 0 Å². The van der Waals surface area contributed by atoms with Gasteiger partial charge in [-0.25, -0.2) is 0 Å². The zero-order valence-electron chi connectivity index (χ0n) is 3.77. The Balaban J connectivity index is 3.53. The van der Waals surface area contributed by atoms with Crippen molar-refractivity contribution in [3.05, 3.63) is 0 Å². The molecule has 0 aromatic carbocycles. The average molecular weight is 164 g/mol. The van der Waals surface area contributed by atoms with Crippen LogP contribution >= 0.6 is 0 Å². The third-order valence-electron chi connectivity index (χ3n) is 0.355. The zero-order chi connectivity index (χ0) is 6.62. The van der Waals surface area contributed by atoms with E-state index in [0.29, 0.717) is 0 Å². The summed E-state index contributed by atoms with van der Waals surface area (Å²) < 4.78 is 17.4. The van der Waals surface area contributed by atoms with Crippen molar-refractivity contribution in [2.24, 2.45) is 0 Å². The van der Waals surface area contributed by atoms with E-state index in [1.165, 1.54) is 0 Å². The molecule has 0 bridgehead atoms. The van der Waals surface area contributed by atoms with Gasteiger partial charge in [-0.2, -0.15) is 0 Å². The molecule has 0 aromatic rings. The molecule has 0 spiro atoms. The van der Waals surface area contributed by atoms with Gasteiger partial charge in [0, 0.05) is 0 Å². The second-order valence-electron chi connectivity index (χ2n) is 0.880. The maximum atomic E-state index is 9.59. The van der Waals surface area contributed by atoms with E-state index in [1.54, 1.807) is 16.6 Å². The van der Waals surface area contributed by atoms with Crippen molar-refractivity contribution in [3.63, 3.8) is 0 Å². The summed E-state index contributed by atoms with van der Waals surface area (Å²) in [5.74, 6) is 0. The van der Waals surface area contributed by atoms with E-state index in [1.807, 2.05) is 0 Å². The average Bonchev–Trinajstić information content (AvgIpc) is 1.67. The van der Waals surface area contributed by atoms with E-state index >= 15 is 0 Å². The summed E-state index contributed by atoms with van der Waals surface area (Å²) in [6.07, 6.45) is 0. The van der Waals surface area contributed by atoms with Crippen molar-refractivity contribution >= 4 is 41.2 Å². The van der Waals surface area contributed by atoms with Gasteiger partial charge in [0.1, 0.15) is 0 Å². The Morgan fingerprint density at radius 2 is 2.12 bits per heavy atom. The Morgan fingerprint density at radius 3 is 2.25 bits per heavy atom. The minimum atomic E-state index is -3.99. The van der Waals surface area contributed by atoms with Crippen molar-refractivity contribution in [3.8, 4) is 0 Å². The summed E-state index contributed by atoms with van der Waals surface area (Å²) in [5, 5.41) is 0. The van der Waals surface area contributed by atoms with Crippen LogP contribution in [-0.4, -0.2) is 50.8 Å². The van der Waals surface area contributed by atoms with Crippen LogP contribution in [0.15, 0.2) is 0 Å². The SMILES string of the molecule is [O]=[Al][O][Si](O)(O)[O][Al]. The first-order valence-corrected chi connectivity index (χ1v) is 4.69. The Labute approximate surface area is 61.7 Å². The van der Waals surface area contributed by atoms with E-state index in [4.69, 9.17) is 9.59 Å². The van der Waals surface area contributed by atoms with Crippen LogP contribution in [0, 0.1) is 0 Å². The quantitative estimate of drug-likeness (QED) is 0.450. The first kappa shape index (κ1) is 8.76. The molecule has 5 nitrogen and oxygen atoms in total. The van der Waals surface area contributed by atoms with Gasteiger partial charge in [-0.05, 0) is 0 Å². The van der Waals surface area contributed by atoms with Gasteiger partial charge in [-0.1, -0.05) is 0 Å². The predicted molar refractivity (Wildman–Crippen MR) is 24.6 cm³/mol. The molecule has 0 aliphatic heterocycles. The van der Waals surface area contributed by atoms with Crippen LogP contribution in [0.4, 0.5) is 0 Å². The normalized spacial score (nSPS) is 10.2. The van der Waals surface area contributed by atoms with Gasteiger partial charge in [0.05, 0.1) is 0 Å². The van der Waals surface area contributed by atoms with E-state index in [9.17, 15) is 3.80 Å². The fraction of sp³-hybridized carbons (Fsp3) is 0. The molecular formula is H2Al2O5Si. The second-order valence-corrected chi connectivity index (χ2v) is 4.06. The van der Waals surface area contributed by atoms with Gasteiger partial charge in [0.15, 0.2) is 0 Å². The summed E-state index contributed by atoms with van der Waals surface area (Å²) in [6, 6.07) is 0. The van der Waals surface area contributed by atoms with Crippen LogP contribution in [0.2, 0.25) is 0 Å². The molecule has 0 atom stereocenters. The van der Waals surface area contributed by atoms with Crippen LogP contribution in [0.25, 0.3) is 0 Å². The van der Waals surface area contributed by atoms with Crippen LogP contribution in [0.5, 0.6) is 0 Å². The Kier molecular flexibility index (Phi) is 4.08. The molecule has 0 saturated carbocycles. The molecule has 42 valence electrons. The summed E-state index contributed by atoms with van der Waals surface area (Å²) in [7, 11) is -3.99. The van der Waals surface area contributed by atoms with Gasteiger partial charge in [0.25, 0.3) is 0 Å². The zero-order valence-corrected chi connectivity index (χ0v) is 7.08. The van der Waals surface area contributed by atoms with Crippen molar-refractivity contribution in [2.45, 2.75) is 0 Å². The molecule has 8 heavy (non-hydrogen) atoms. The first-order chi connectivity index (χ1) is 3.62. The van der Waals surface area contributed by atoms with E-state index in [0.717, 1.165) is 0 Å². The predicted octanol–water partition coefficient (Wildman–Crippen LogP) is -2.51. The van der Waals surface area contributed by atoms with Crippen LogP contribution in [0.3, 0.4) is 0 Å². The first-order valence-electron chi connectivity index (χ1n) is 1.56. The fourth-order valence-corrected chi connectivity index (χ4v) is 1.31. The van der Waals surface area contributed by atoms with Gasteiger partial charge in [-0.3, -0.25) is 0 Å². The van der Waals surface area contributed by atoms with Crippen molar-refractivity contribution in [1.82, 2.24) is 0 Å². The second kappa shape index (κ2) is 3.72. The third kappa shape index (κ3) is 3.73. The minimum absolute atomic E-state index is 1.61. The van der Waals surface area contributed by atoms with Crippen molar-refractivity contribution in [1.29, 1.82) is 0 Å². The number of hydrogen-bond donors (Lipinski definition) is 2. The van der Waals surface area contributed by atoms with Crippen molar-refractivity contribution in [2.75, 3.05) is 0 Å². The van der Waals surface area contributed by atoms with Crippen LogP contribution in [-0.2, 0) is 10.8 Å². The van der Waals surface area contributed by atoms with Gasteiger partial charge >= 0.3 is 61.5 Å². The molecule has 0 saturated heterocycles. The Morgan fingerprint density at radius 1 is 1.62 bits per heavy atom. The third-order valence-corrected chi connectivity index (χ3v) is 3.20. The number of rotatable bonds is 3. The molecule has 0 aliphatic rings. The van der Waals surface area contributed by atoms with E-state index in [2.05, 4.69) is 6.96 Å². The molecule has 0 unspecified atom stereocenters.